The standard InChI is InChI=1S/C29H24N2O3S/c1-18(28(32)31-24-15-7-4-10-19(24)20-11-5-8-16-25(20)31)34-29(33)22-13-3-2-12-21(22)27-30-23-14-6-9-17-26(23)35-27/h2-4,6-7,9-10,12-15,17-18H,5,8,11,16H2,1H3. The maximum Gasteiger partial charge on any atom is 0.339 e. The number of ether oxygens (including phenoxy) is 1. The first-order valence-electron chi connectivity index (χ1n) is 11.9. The van der Waals surface area contributed by atoms with E-state index in [0.717, 1.165) is 57.5 Å². The number of carbonyl (C=O) groups excluding carboxylic acids is 2. The molecule has 6 heteroatoms. The summed E-state index contributed by atoms with van der Waals surface area (Å²) in [5.41, 5.74) is 5.21. The van der Waals surface area contributed by atoms with Gasteiger partial charge in [-0.25, -0.2) is 9.78 Å². The molecule has 1 aliphatic rings. The molecular weight excluding hydrogens is 456 g/mol. The summed E-state index contributed by atoms with van der Waals surface area (Å²) in [5.74, 6) is -0.735. The molecule has 1 atom stereocenters. The van der Waals surface area contributed by atoms with Crippen LogP contribution >= 0.6 is 11.3 Å². The first-order valence-corrected chi connectivity index (χ1v) is 12.7. The number of thiazole rings is 1. The van der Waals surface area contributed by atoms with E-state index in [0.29, 0.717) is 11.1 Å². The number of aromatic nitrogens is 2. The Hall–Kier alpha value is -3.77. The van der Waals surface area contributed by atoms with Crippen LogP contribution in [0.1, 0.15) is 46.2 Å². The lowest BCUT2D eigenvalue weighted by Crippen LogP contribution is -2.30. The van der Waals surface area contributed by atoms with E-state index in [2.05, 4.69) is 6.07 Å². The molecule has 1 unspecified atom stereocenters. The Labute approximate surface area is 207 Å². The van der Waals surface area contributed by atoms with Crippen molar-refractivity contribution in [2.45, 2.75) is 38.7 Å². The average molecular weight is 481 g/mol. The number of benzene rings is 3. The fourth-order valence-corrected chi connectivity index (χ4v) is 6.04. The number of esters is 1. The van der Waals surface area contributed by atoms with Crippen LogP contribution in [0.25, 0.3) is 31.7 Å². The van der Waals surface area contributed by atoms with Crippen molar-refractivity contribution in [3.05, 3.63) is 89.6 Å². The smallest absolute Gasteiger partial charge is 0.339 e. The van der Waals surface area contributed by atoms with Gasteiger partial charge in [0.2, 0.25) is 0 Å². The van der Waals surface area contributed by atoms with Crippen LogP contribution < -0.4 is 0 Å². The van der Waals surface area contributed by atoms with Gasteiger partial charge in [0.25, 0.3) is 5.91 Å². The van der Waals surface area contributed by atoms with Gasteiger partial charge < -0.3 is 4.74 Å². The molecule has 6 rings (SSSR count). The number of para-hydroxylation sites is 2. The van der Waals surface area contributed by atoms with Crippen molar-refractivity contribution in [3.8, 4) is 10.6 Å². The van der Waals surface area contributed by atoms with E-state index < -0.39 is 12.1 Å². The highest BCUT2D eigenvalue weighted by Gasteiger charge is 2.28. The van der Waals surface area contributed by atoms with E-state index in [9.17, 15) is 9.59 Å². The lowest BCUT2D eigenvalue weighted by atomic mass is 9.95. The van der Waals surface area contributed by atoms with Crippen LogP contribution in [-0.2, 0) is 17.6 Å². The Balaban J connectivity index is 1.32. The highest BCUT2D eigenvalue weighted by molar-refractivity contribution is 7.21. The van der Waals surface area contributed by atoms with Gasteiger partial charge in [0.05, 0.1) is 21.3 Å². The summed E-state index contributed by atoms with van der Waals surface area (Å²) in [6.45, 7) is 1.66. The summed E-state index contributed by atoms with van der Waals surface area (Å²) in [7, 11) is 0. The predicted molar refractivity (Wildman–Crippen MR) is 139 cm³/mol. The van der Waals surface area contributed by atoms with Gasteiger partial charge in [0.1, 0.15) is 5.01 Å². The molecule has 0 saturated carbocycles. The minimum Gasteiger partial charge on any atom is -0.449 e. The van der Waals surface area contributed by atoms with Crippen molar-refractivity contribution in [3.63, 3.8) is 0 Å². The van der Waals surface area contributed by atoms with E-state index in [1.165, 1.54) is 16.9 Å². The third kappa shape index (κ3) is 3.74. The van der Waals surface area contributed by atoms with E-state index in [1.54, 1.807) is 23.6 Å². The molecule has 5 aromatic rings. The molecule has 0 bridgehead atoms. The monoisotopic (exact) mass is 480 g/mol. The van der Waals surface area contributed by atoms with Gasteiger partial charge in [-0.05, 0) is 62.4 Å². The summed E-state index contributed by atoms with van der Waals surface area (Å²) in [5, 5.41) is 1.87. The van der Waals surface area contributed by atoms with Gasteiger partial charge >= 0.3 is 5.97 Å². The summed E-state index contributed by atoms with van der Waals surface area (Å²) < 4.78 is 8.60. The minimum atomic E-state index is -0.923. The lowest BCUT2D eigenvalue weighted by molar-refractivity contribution is 0.0285. The topological polar surface area (TPSA) is 61.2 Å². The normalized spacial score (nSPS) is 14.1. The van der Waals surface area contributed by atoms with Crippen LogP contribution in [0.4, 0.5) is 0 Å². The maximum absolute atomic E-state index is 13.6. The molecule has 2 heterocycles. The zero-order chi connectivity index (χ0) is 23.9. The molecule has 0 radical (unpaired) electrons. The summed E-state index contributed by atoms with van der Waals surface area (Å²) in [6, 6.07) is 23.2. The molecule has 0 aliphatic heterocycles. The molecule has 174 valence electrons. The zero-order valence-corrected chi connectivity index (χ0v) is 20.2. The molecule has 2 aromatic heterocycles. The fourth-order valence-electron chi connectivity index (χ4n) is 5.04. The van der Waals surface area contributed by atoms with E-state index in [4.69, 9.17) is 9.72 Å². The van der Waals surface area contributed by atoms with Gasteiger partial charge in [-0.3, -0.25) is 9.36 Å². The second-order valence-electron chi connectivity index (χ2n) is 8.90. The Bertz CT molecular complexity index is 1560. The Morgan fingerprint density at radius 3 is 2.57 bits per heavy atom. The summed E-state index contributed by atoms with van der Waals surface area (Å²) in [6.07, 6.45) is 3.09. The van der Waals surface area contributed by atoms with Gasteiger partial charge in [0, 0.05) is 16.6 Å². The maximum atomic E-state index is 13.6. The van der Waals surface area contributed by atoms with E-state index in [1.807, 2.05) is 54.6 Å². The lowest BCUT2D eigenvalue weighted by Gasteiger charge is -2.18. The molecule has 0 N–H and O–H groups in total. The van der Waals surface area contributed by atoms with Crippen LogP contribution in [0, 0.1) is 0 Å². The van der Waals surface area contributed by atoms with Gasteiger partial charge in [-0.15, -0.1) is 11.3 Å². The molecular formula is C29H24N2O3S. The highest BCUT2D eigenvalue weighted by Crippen LogP contribution is 2.34. The van der Waals surface area contributed by atoms with Crippen molar-refractivity contribution in [1.29, 1.82) is 0 Å². The SMILES string of the molecule is CC(OC(=O)c1ccccc1-c1nc2ccccc2s1)C(=O)n1c2c(c3ccccc31)CCCC2. The van der Waals surface area contributed by atoms with E-state index >= 15 is 0 Å². The first kappa shape index (κ1) is 21.7. The summed E-state index contributed by atoms with van der Waals surface area (Å²) >= 11 is 1.53. The van der Waals surface area contributed by atoms with Crippen LogP contribution in [-0.4, -0.2) is 27.5 Å². The minimum absolute atomic E-state index is 0.213. The van der Waals surface area contributed by atoms with Crippen LogP contribution in [0.3, 0.4) is 0 Å². The number of nitrogens with zero attached hydrogens (tertiary/aromatic N) is 2. The highest BCUT2D eigenvalue weighted by atomic mass is 32.1. The van der Waals surface area contributed by atoms with Crippen molar-refractivity contribution in [2.24, 2.45) is 0 Å². The van der Waals surface area contributed by atoms with Gasteiger partial charge in [0.15, 0.2) is 6.10 Å². The third-order valence-corrected chi connectivity index (χ3v) is 7.77. The molecule has 1 aliphatic carbocycles. The van der Waals surface area contributed by atoms with E-state index in [-0.39, 0.29) is 5.91 Å². The molecule has 35 heavy (non-hydrogen) atoms. The van der Waals surface area contributed by atoms with Crippen molar-refractivity contribution in [1.82, 2.24) is 9.55 Å². The quantitative estimate of drug-likeness (QED) is 0.269. The number of hydrogen-bond donors (Lipinski definition) is 0. The second kappa shape index (κ2) is 8.78. The molecule has 0 amide bonds. The number of aryl methyl sites for hydroxylation is 1. The van der Waals surface area contributed by atoms with Crippen LogP contribution in [0.15, 0.2) is 72.8 Å². The number of hydrogen-bond acceptors (Lipinski definition) is 5. The van der Waals surface area contributed by atoms with Crippen LogP contribution in [0.5, 0.6) is 0 Å². The van der Waals surface area contributed by atoms with Gasteiger partial charge in [-0.1, -0.05) is 48.5 Å². The van der Waals surface area contributed by atoms with Gasteiger partial charge in [-0.2, -0.15) is 0 Å². The molecule has 0 saturated heterocycles. The van der Waals surface area contributed by atoms with Crippen molar-refractivity contribution in [2.75, 3.05) is 0 Å². The molecule has 5 nitrogen and oxygen atoms in total. The van der Waals surface area contributed by atoms with Crippen LogP contribution in [0.2, 0.25) is 0 Å². The Morgan fingerprint density at radius 1 is 0.943 bits per heavy atom. The molecule has 0 spiro atoms. The number of carbonyl (C=O) groups is 2. The summed E-state index contributed by atoms with van der Waals surface area (Å²) in [4.78, 5) is 31.6. The first-order chi connectivity index (χ1) is 17.1. The van der Waals surface area contributed by atoms with Crippen molar-refractivity contribution >= 4 is 44.3 Å². The predicted octanol–water partition coefficient (Wildman–Crippen LogP) is 6.68. The zero-order valence-electron chi connectivity index (χ0n) is 19.4. The number of rotatable bonds is 4. The third-order valence-electron chi connectivity index (χ3n) is 6.70. The molecule has 3 aromatic carbocycles. The largest absolute Gasteiger partial charge is 0.449 e. The average Bonchev–Trinajstić information content (AvgIpc) is 3.47. The van der Waals surface area contributed by atoms with Crippen molar-refractivity contribution < 1.29 is 14.3 Å². The Kier molecular flexibility index (Phi) is 5.46. The second-order valence-corrected chi connectivity index (χ2v) is 9.93. The Morgan fingerprint density at radius 2 is 1.69 bits per heavy atom. The molecule has 0 fully saturated rings. The fraction of sp³-hybridized carbons (Fsp3) is 0.207. The number of fused-ring (bicyclic) bond motifs is 4.